The molecule has 0 saturated carbocycles. The van der Waals surface area contributed by atoms with Gasteiger partial charge in [-0.2, -0.15) is 10.5 Å². The summed E-state index contributed by atoms with van der Waals surface area (Å²) in [6, 6.07) is 28.6. The summed E-state index contributed by atoms with van der Waals surface area (Å²) in [4.78, 5) is 51.5. The molecular formula is C50H55ClN10O6. The number of aliphatic hydroxyl groups excluding tert-OH is 2. The van der Waals surface area contributed by atoms with Crippen molar-refractivity contribution in [1.29, 1.82) is 10.5 Å². The molecule has 4 N–H and O–H groups in total. The Balaban J connectivity index is 0.000000218. The van der Waals surface area contributed by atoms with Crippen molar-refractivity contribution in [3.63, 3.8) is 0 Å². The van der Waals surface area contributed by atoms with E-state index in [2.05, 4.69) is 31.9 Å². The van der Waals surface area contributed by atoms with Gasteiger partial charge in [0.05, 0.1) is 45.4 Å². The van der Waals surface area contributed by atoms with Crippen LogP contribution in [-0.4, -0.2) is 127 Å². The van der Waals surface area contributed by atoms with Crippen molar-refractivity contribution in [2.24, 2.45) is 11.8 Å². The average Bonchev–Trinajstić information content (AvgIpc) is 3.32. The number of benzene rings is 4. The van der Waals surface area contributed by atoms with Crippen LogP contribution in [0.25, 0.3) is 44.6 Å². The van der Waals surface area contributed by atoms with Crippen LogP contribution in [0.15, 0.2) is 84.9 Å². The highest BCUT2D eigenvalue weighted by Crippen LogP contribution is 2.34. The number of carbonyl (C=O) groups is 2. The molecule has 0 unspecified atom stereocenters. The summed E-state index contributed by atoms with van der Waals surface area (Å²) in [6.45, 7) is 11.9. The van der Waals surface area contributed by atoms with Crippen molar-refractivity contribution in [2.75, 3.05) is 62.2 Å². The van der Waals surface area contributed by atoms with Crippen LogP contribution < -0.4 is 9.80 Å². The number of aromatic hydroxyl groups is 2. The number of nitrogens with zero attached hydrogens (tertiary/aromatic N) is 10. The lowest BCUT2D eigenvalue weighted by molar-refractivity contribution is -0.141. The largest absolute Gasteiger partial charge is 0.507 e. The number of hydrogen-bond donors (Lipinski definition) is 4. The van der Waals surface area contributed by atoms with Gasteiger partial charge >= 0.3 is 0 Å². The van der Waals surface area contributed by atoms with E-state index in [0.29, 0.717) is 122 Å². The van der Waals surface area contributed by atoms with Gasteiger partial charge in [-0.15, -0.1) is 12.4 Å². The number of piperazine rings is 2. The van der Waals surface area contributed by atoms with Gasteiger partial charge in [0.2, 0.25) is 0 Å². The number of anilines is 2. The molecule has 67 heavy (non-hydrogen) atoms. The maximum Gasteiger partial charge on any atom is 0.251 e. The van der Waals surface area contributed by atoms with E-state index >= 15 is 0 Å². The minimum Gasteiger partial charge on any atom is -0.507 e. The molecule has 2 atom stereocenters. The molecule has 0 bridgehead atoms. The number of phenols is 2. The molecule has 16 nitrogen and oxygen atoms in total. The summed E-state index contributed by atoms with van der Waals surface area (Å²) in [6.07, 6.45) is -1.09. The summed E-state index contributed by atoms with van der Waals surface area (Å²) >= 11 is 0. The molecule has 2 aromatic heterocycles. The zero-order chi connectivity index (χ0) is 47.1. The van der Waals surface area contributed by atoms with E-state index in [1.54, 1.807) is 82.6 Å². The van der Waals surface area contributed by atoms with Crippen LogP contribution in [0.2, 0.25) is 0 Å². The molecule has 0 radical (unpaired) electrons. The van der Waals surface area contributed by atoms with Crippen LogP contribution in [0.3, 0.4) is 0 Å². The normalized spacial score (nSPS) is 14.8. The smallest absolute Gasteiger partial charge is 0.251 e. The SMILES string of the molecule is CC(C)C[C@@H](O)C(=O)N1CCN(c2nc(-c3ccccc3O)nc3ccc(C#N)cc23)CC1.CC(C)C[C@@H](O)C(=O)N1CCN(c2nc(-c3ccccc3O)nc3ccc(C#N)cc23)CC1.Cl. The molecule has 4 heterocycles. The second kappa shape index (κ2) is 21.9. The van der Waals surface area contributed by atoms with Crippen LogP contribution in [0, 0.1) is 34.5 Å². The third kappa shape index (κ3) is 11.5. The molecule has 0 spiro atoms. The average molecular weight is 928 g/mol. The van der Waals surface area contributed by atoms with Gasteiger partial charge in [0.25, 0.3) is 11.8 Å². The van der Waals surface area contributed by atoms with Gasteiger partial charge in [-0.25, -0.2) is 19.9 Å². The van der Waals surface area contributed by atoms with Gasteiger partial charge in [-0.05, 0) is 85.3 Å². The summed E-state index contributed by atoms with van der Waals surface area (Å²) in [5.41, 5.74) is 3.40. The summed E-state index contributed by atoms with van der Waals surface area (Å²) in [5.74, 6) is 2.28. The first-order valence-corrected chi connectivity index (χ1v) is 22.2. The van der Waals surface area contributed by atoms with Crippen molar-refractivity contribution in [3.8, 4) is 46.4 Å². The zero-order valence-electron chi connectivity index (χ0n) is 37.9. The number of carbonyl (C=O) groups excluding carboxylic acids is 2. The van der Waals surface area contributed by atoms with E-state index < -0.39 is 12.2 Å². The molecule has 17 heteroatoms. The molecule has 348 valence electrons. The van der Waals surface area contributed by atoms with E-state index in [1.165, 1.54) is 0 Å². The summed E-state index contributed by atoms with van der Waals surface area (Å²) in [5, 5.41) is 61.3. The lowest BCUT2D eigenvalue weighted by Crippen LogP contribution is -2.52. The van der Waals surface area contributed by atoms with E-state index in [9.17, 15) is 40.5 Å². The van der Waals surface area contributed by atoms with Crippen molar-refractivity contribution in [3.05, 3.63) is 96.1 Å². The topological polar surface area (TPSA) is 227 Å². The standard InChI is InChI=1S/2C25H27N5O3.ClH/c2*1-16(2)13-22(32)25(33)30-11-9-29(10-12-30)24-19-14-17(15-26)7-8-20(19)27-23(28-24)18-5-3-4-6-21(18)31;/h2*3-8,14,16,22,31-32H,9-13H2,1-2H3;1H/t2*22-;/m11./s1. The van der Waals surface area contributed by atoms with Crippen LogP contribution in [0.1, 0.15) is 51.7 Å². The number of amides is 2. The van der Waals surface area contributed by atoms with E-state index in [1.807, 2.05) is 39.8 Å². The number of aliphatic hydroxyl groups is 2. The fraction of sp³-hybridized carbons (Fsp3) is 0.360. The highest BCUT2D eigenvalue weighted by atomic mass is 35.5. The second-order valence-electron chi connectivity index (χ2n) is 17.4. The predicted molar refractivity (Wildman–Crippen MR) is 258 cm³/mol. The number of hydrogen-bond acceptors (Lipinski definition) is 14. The van der Waals surface area contributed by atoms with Gasteiger partial charge in [0.1, 0.15) is 35.3 Å². The molecule has 0 aliphatic carbocycles. The van der Waals surface area contributed by atoms with Crippen LogP contribution in [0.5, 0.6) is 11.5 Å². The Bertz CT molecular complexity index is 2620. The molecule has 2 fully saturated rings. The second-order valence-corrected chi connectivity index (χ2v) is 17.4. The number of rotatable bonds is 10. The first-order valence-electron chi connectivity index (χ1n) is 22.2. The van der Waals surface area contributed by atoms with Crippen molar-refractivity contribution in [2.45, 2.75) is 52.7 Å². The predicted octanol–water partition coefficient (Wildman–Crippen LogP) is 6.28. The quantitative estimate of drug-likeness (QED) is 0.119. The van der Waals surface area contributed by atoms with Gasteiger partial charge in [0, 0.05) is 63.1 Å². The molecule has 8 rings (SSSR count). The zero-order valence-corrected chi connectivity index (χ0v) is 38.8. The Kier molecular flexibility index (Phi) is 16.1. The van der Waals surface area contributed by atoms with E-state index in [0.717, 1.165) is 10.8 Å². The monoisotopic (exact) mass is 926 g/mol. The van der Waals surface area contributed by atoms with Gasteiger partial charge in [-0.1, -0.05) is 52.0 Å². The van der Waals surface area contributed by atoms with Crippen LogP contribution in [-0.2, 0) is 9.59 Å². The van der Waals surface area contributed by atoms with Crippen molar-refractivity contribution in [1.82, 2.24) is 29.7 Å². The molecule has 6 aromatic rings. The molecular weight excluding hydrogens is 872 g/mol. The highest BCUT2D eigenvalue weighted by molar-refractivity contribution is 5.94. The van der Waals surface area contributed by atoms with Gasteiger partial charge in [-0.3, -0.25) is 9.59 Å². The Labute approximate surface area is 395 Å². The van der Waals surface area contributed by atoms with Crippen molar-refractivity contribution >= 4 is 57.7 Å². The number of aromatic nitrogens is 4. The third-order valence-corrected chi connectivity index (χ3v) is 11.6. The van der Waals surface area contributed by atoms with Gasteiger partial charge < -0.3 is 40.0 Å². The Hall–Kier alpha value is -7.11. The number of nitriles is 2. The number of fused-ring (bicyclic) bond motifs is 2. The Morgan fingerprint density at radius 1 is 0.567 bits per heavy atom. The van der Waals surface area contributed by atoms with E-state index in [-0.39, 0.29) is 47.6 Å². The van der Waals surface area contributed by atoms with Crippen LogP contribution in [0.4, 0.5) is 11.6 Å². The Morgan fingerprint density at radius 2 is 0.925 bits per heavy atom. The number of phenolic OH excluding ortho intramolecular Hbond substituents is 2. The number of para-hydroxylation sites is 2. The van der Waals surface area contributed by atoms with Gasteiger partial charge in [0.15, 0.2) is 11.6 Å². The third-order valence-electron chi connectivity index (χ3n) is 11.6. The first kappa shape index (κ1) is 49.3. The first-order chi connectivity index (χ1) is 31.7. The molecule has 4 aromatic carbocycles. The van der Waals surface area contributed by atoms with Crippen LogP contribution >= 0.6 is 12.4 Å². The van der Waals surface area contributed by atoms with Crippen molar-refractivity contribution < 1.29 is 30.0 Å². The summed E-state index contributed by atoms with van der Waals surface area (Å²) < 4.78 is 0. The highest BCUT2D eigenvalue weighted by Gasteiger charge is 2.30. The molecule has 2 aliphatic rings. The lowest BCUT2D eigenvalue weighted by Gasteiger charge is -2.37. The molecule has 2 aliphatic heterocycles. The van der Waals surface area contributed by atoms with E-state index in [4.69, 9.17) is 9.97 Å². The Morgan fingerprint density at radius 3 is 1.25 bits per heavy atom. The maximum absolute atomic E-state index is 12.6. The summed E-state index contributed by atoms with van der Waals surface area (Å²) in [7, 11) is 0. The fourth-order valence-electron chi connectivity index (χ4n) is 8.21. The fourth-order valence-corrected chi connectivity index (χ4v) is 8.21. The number of halogens is 1. The minimum atomic E-state index is -0.984. The maximum atomic E-state index is 12.6. The minimum absolute atomic E-state index is 0. The molecule has 2 amide bonds. The molecule has 2 saturated heterocycles. The lowest BCUT2D eigenvalue weighted by atomic mass is 10.0.